The van der Waals surface area contributed by atoms with Crippen molar-refractivity contribution >= 4 is 0 Å². The van der Waals surface area contributed by atoms with Gasteiger partial charge in [0.05, 0.1) is 24.4 Å². The van der Waals surface area contributed by atoms with E-state index in [-0.39, 0.29) is 0 Å². The zero-order valence-electron chi connectivity index (χ0n) is 9.46. The van der Waals surface area contributed by atoms with Crippen molar-refractivity contribution in [1.29, 1.82) is 5.26 Å². The van der Waals surface area contributed by atoms with Crippen LogP contribution in [-0.2, 0) is 6.54 Å². The highest BCUT2D eigenvalue weighted by Crippen LogP contribution is 2.17. The van der Waals surface area contributed by atoms with Crippen molar-refractivity contribution in [3.05, 3.63) is 24.4 Å². The van der Waals surface area contributed by atoms with Gasteiger partial charge in [0.15, 0.2) is 5.82 Å². The summed E-state index contributed by atoms with van der Waals surface area (Å²) in [5.41, 5.74) is 0.767. The lowest BCUT2D eigenvalue weighted by Gasteiger charge is -2.10. The molecule has 0 aromatic carbocycles. The molecule has 0 fully saturated rings. The molecule has 0 aliphatic rings. The Kier molecular flexibility index (Phi) is 3.52. The van der Waals surface area contributed by atoms with Gasteiger partial charge in [-0.1, -0.05) is 5.16 Å². The Labute approximate surface area is 98.4 Å². The van der Waals surface area contributed by atoms with Crippen LogP contribution in [0.25, 0.3) is 11.5 Å². The normalized spacial score (nSPS) is 10.6. The second-order valence-electron chi connectivity index (χ2n) is 3.67. The number of hydrogen-bond donors (Lipinski definition) is 0. The van der Waals surface area contributed by atoms with Crippen molar-refractivity contribution in [2.24, 2.45) is 0 Å². The minimum atomic E-state index is 0.447. The van der Waals surface area contributed by atoms with Crippen molar-refractivity contribution in [1.82, 2.24) is 15.0 Å². The van der Waals surface area contributed by atoms with Gasteiger partial charge in [0.1, 0.15) is 6.26 Å². The quantitative estimate of drug-likeness (QED) is 0.780. The van der Waals surface area contributed by atoms with Gasteiger partial charge in [-0.25, -0.2) is 0 Å². The summed E-state index contributed by atoms with van der Waals surface area (Å²) >= 11 is 0. The molecule has 0 radical (unpaired) electrons. The SMILES string of the molecule is CN(CCC#N)Cc1noc(-c2ccoc2)n1. The molecule has 2 rings (SSSR count). The van der Waals surface area contributed by atoms with E-state index in [4.69, 9.17) is 14.2 Å². The van der Waals surface area contributed by atoms with Crippen LogP contribution in [0.1, 0.15) is 12.2 Å². The van der Waals surface area contributed by atoms with Crippen LogP contribution in [0.4, 0.5) is 0 Å². The fourth-order valence-electron chi connectivity index (χ4n) is 1.38. The highest BCUT2D eigenvalue weighted by atomic mass is 16.5. The lowest BCUT2D eigenvalue weighted by Crippen LogP contribution is -2.19. The molecule has 0 saturated heterocycles. The Hall–Kier alpha value is -2.13. The first kappa shape index (κ1) is 11.4. The van der Waals surface area contributed by atoms with Gasteiger partial charge in [-0.3, -0.25) is 4.90 Å². The molecule has 0 N–H and O–H groups in total. The van der Waals surface area contributed by atoms with Crippen molar-refractivity contribution in [2.45, 2.75) is 13.0 Å². The molecule has 0 aliphatic heterocycles. The van der Waals surface area contributed by atoms with Gasteiger partial charge in [0.25, 0.3) is 5.89 Å². The molecule has 88 valence electrons. The predicted molar refractivity (Wildman–Crippen MR) is 58.6 cm³/mol. The number of aromatic nitrogens is 2. The summed E-state index contributed by atoms with van der Waals surface area (Å²) < 4.78 is 10.0. The van der Waals surface area contributed by atoms with Crippen LogP contribution in [0.2, 0.25) is 0 Å². The van der Waals surface area contributed by atoms with Gasteiger partial charge in [-0.05, 0) is 13.1 Å². The Morgan fingerprint density at radius 1 is 1.53 bits per heavy atom. The summed E-state index contributed by atoms with van der Waals surface area (Å²) in [7, 11) is 1.91. The van der Waals surface area contributed by atoms with Crippen molar-refractivity contribution in [3.63, 3.8) is 0 Å². The number of furan rings is 1. The van der Waals surface area contributed by atoms with E-state index in [0.29, 0.717) is 31.2 Å². The molecular formula is C11H12N4O2. The van der Waals surface area contributed by atoms with Gasteiger partial charge < -0.3 is 8.94 Å². The third-order valence-corrected chi connectivity index (χ3v) is 2.25. The third-order valence-electron chi connectivity index (χ3n) is 2.25. The monoisotopic (exact) mass is 232 g/mol. The fraction of sp³-hybridized carbons (Fsp3) is 0.364. The van der Waals surface area contributed by atoms with Crippen LogP contribution >= 0.6 is 0 Å². The molecule has 2 aromatic heterocycles. The fourth-order valence-corrected chi connectivity index (χ4v) is 1.38. The molecule has 0 amide bonds. The van der Waals surface area contributed by atoms with E-state index in [0.717, 1.165) is 5.56 Å². The maximum absolute atomic E-state index is 8.47. The molecule has 2 aromatic rings. The first-order valence-corrected chi connectivity index (χ1v) is 5.20. The highest BCUT2D eigenvalue weighted by molar-refractivity contribution is 5.49. The number of rotatable bonds is 5. The van der Waals surface area contributed by atoms with E-state index in [1.54, 1.807) is 18.6 Å². The van der Waals surface area contributed by atoms with Gasteiger partial charge in [0, 0.05) is 13.0 Å². The second kappa shape index (κ2) is 5.27. The zero-order valence-corrected chi connectivity index (χ0v) is 9.46. The molecule has 0 bridgehead atoms. The topological polar surface area (TPSA) is 79.1 Å². The standard InChI is InChI=1S/C11H12N4O2/c1-15(5-2-4-12)7-10-13-11(17-14-10)9-3-6-16-8-9/h3,6,8H,2,5,7H2,1H3. The molecule has 0 aliphatic carbocycles. The molecular weight excluding hydrogens is 220 g/mol. The van der Waals surface area contributed by atoms with Gasteiger partial charge in [0.2, 0.25) is 0 Å². The molecule has 6 heteroatoms. The van der Waals surface area contributed by atoms with Crippen LogP contribution in [0.3, 0.4) is 0 Å². The van der Waals surface area contributed by atoms with E-state index in [9.17, 15) is 0 Å². The lowest BCUT2D eigenvalue weighted by molar-refractivity contribution is 0.316. The summed E-state index contributed by atoms with van der Waals surface area (Å²) in [5, 5.41) is 12.3. The van der Waals surface area contributed by atoms with Gasteiger partial charge in [-0.15, -0.1) is 0 Å². The lowest BCUT2D eigenvalue weighted by atomic mass is 10.3. The Morgan fingerprint density at radius 2 is 2.41 bits per heavy atom. The first-order chi connectivity index (χ1) is 8.29. The number of hydrogen-bond acceptors (Lipinski definition) is 6. The molecule has 0 saturated carbocycles. The van der Waals surface area contributed by atoms with Crippen LogP contribution in [0.5, 0.6) is 0 Å². The van der Waals surface area contributed by atoms with Gasteiger partial charge >= 0.3 is 0 Å². The smallest absolute Gasteiger partial charge is 0.261 e. The van der Waals surface area contributed by atoms with Gasteiger partial charge in [-0.2, -0.15) is 10.2 Å². The Balaban J connectivity index is 1.97. The number of nitriles is 1. The van der Waals surface area contributed by atoms with Crippen LogP contribution in [0.15, 0.2) is 27.5 Å². The molecule has 2 heterocycles. The predicted octanol–water partition coefficient (Wildman–Crippen LogP) is 1.68. The first-order valence-electron chi connectivity index (χ1n) is 5.20. The summed E-state index contributed by atoms with van der Waals surface area (Å²) in [6.45, 7) is 1.25. The zero-order chi connectivity index (χ0) is 12.1. The summed E-state index contributed by atoms with van der Waals surface area (Å²) in [6.07, 6.45) is 3.60. The van der Waals surface area contributed by atoms with Crippen LogP contribution in [-0.4, -0.2) is 28.6 Å². The number of nitrogens with zero attached hydrogens (tertiary/aromatic N) is 4. The maximum atomic E-state index is 8.47. The molecule has 0 unspecified atom stereocenters. The second-order valence-corrected chi connectivity index (χ2v) is 3.67. The minimum absolute atomic E-state index is 0.447. The average Bonchev–Trinajstić information content (AvgIpc) is 2.95. The van der Waals surface area contributed by atoms with E-state index in [2.05, 4.69) is 16.2 Å². The summed E-state index contributed by atoms with van der Waals surface area (Å²) in [5.74, 6) is 1.05. The molecule has 17 heavy (non-hydrogen) atoms. The molecule has 0 atom stereocenters. The Morgan fingerprint density at radius 3 is 3.12 bits per heavy atom. The third kappa shape index (κ3) is 2.92. The van der Waals surface area contributed by atoms with E-state index in [1.165, 1.54) is 0 Å². The van der Waals surface area contributed by atoms with Crippen LogP contribution < -0.4 is 0 Å². The Bertz CT molecular complexity index is 498. The largest absolute Gasteiger partial charge is 0.472 e. The van der Waals surface area contributed by atoms with Crippen molar-refractivity contribution in [3.8, 4) is 17.5 Å². The maximum Gasteiger partial charge on any atom is 0.261 e. The average molecular weight is 232 g/mol. The van der Waals surface area contributed by atoms with Crippen molar-refractivity contribution in [2.75, 3.05) is 13.6 Å². The van der Waals surface area contributed by atoms with E-state index < -0.39 is 0 Å². The van der Waals surface area contributed by atoms with Crippen molar-refractivity contribution < 1.29 is 8.94 Å². The van der Waals surface area contributed by atoms with E-state index >= 15 is 0 Å². The molecule has 0 spiro atoms. The summed E-state index contributed by atoms with van der Waals surface area (Å²) in [4.78, 5) is 6.20. The van der Waals surface area contributed by atoms with Crippen LogP contribution in [0, 0.1) is 11.3 Å². The highest BCUT2D eigenvalue weighted by Gasteiger charge is 2.11. The minimum Gasteiger partial charge on any atom is -0.472 e. The summed E-state index contributed by atoms with van der Waals surface area (Å²) in [6, 6.07) is 3.85. The van der Waals surface area contributed by atoms with E-state index in [1.807, 2.05) is 11.9 Å². The molecule has 6 nitrogen and oxygen atoms in total.